The van der Waals surface area contributed by atoms with E-state index in [4.69, 9.17) is 16.3 Å². The highest BCUT2D eigenvalue weighted by Gasteiger charge is 2.34. The number of piperazine rings is 1. The van der Waals surface area contributed by atoms with E-state index < -0.39 is 5.82 Å². The molecule has 0 unspecified atom stereocenters. The summed E-state index contributed by atoms with van der Waals surface area (Å²) in [6.45, 7) is 13.8. The van der Waals surface area contributed by atoms with Crippen molar-refractivity contribution in [2.75, 3.05) is 51.3 Å². The minimum Gasteiger partial charge on any atom is -0.462 e. The molecule has 1 aromatic carbocycles. The Morgan fingerprint density at radius 1 is 1.27 bits per heavy atom. The predicted molar refractivity (Wildman–Crippen MR) is 159 cm³/mol. The molecule has 0 radical (unpaired) electrons. The Labute approximate surface area is 241 Å². The average Bonchev–Trinajstić information content (AvgIpc) is 3.64. The molecule has 0 spiro atoms. The quantitative estimate of drug-likeness (QED) is 0.236. The van der Waals surface area contributed by atoms with Gasteiger partial charge in [0, 0.05) is 42.1 Å². The summed E-state index contributed by atoms with van der Waals surface area (Å²) in [6, 6.07) is 7.75. The number of aromatic nitrogens is 3. The maximum atomic E-state index is 16.4. The number of benzene rings is 1. The van der Waals surface area contributed by atoms with E-state index in [-0.39, 0.29) is 41.8 Å². The molecule has 2 aliphatic rings. The van der Waals surface area contributed by atoms with Crippen molar-refractivity contribution in [3.8, 4) is 17.3 Å². The summed E-state index contributed by atoms with van der Waals surface area (Å²) < 4.78 is 23.5. The number of likely N-dealkylation sites (tertiary alicyclic amines) is 1. The highest BCUT2D eigenvalue weighted by molar-refractivity contribution is 7.17. The summed E-state index contributed by atoms with van der Waals surface area (Å²) in [4.78, 5) is 35.8. The van der Waals surface area contributed by atoms with Gasteiger partial charge < -0.3 is 24.3 Å². The number of nitrogens with zero attached hydrogens (tertiary/aromatic N) is 7. The number of amides is 1. The number of rotatable bonds is 7. The van der Waals surface area contributed by atoms with E-state index in [1.165, 1.54) is 6.08 Å². The lowest BCUT2D eigenvalue weighted by Gasteiger charge is -2.39. The molecule has 4 aromatic rings. The van der Waals surface area contributed by atoms with Gasteiger partial charge in [-0.2, -0.15) is 9.97 Å². The molecule has 3 aromatic heterocycles. The van der Waals surface area contributed by atoms with Crippen LogP contribution in [0.5, 0.6) is 6.01 Å². The number of halogens is 1. The lowest BCUT2D eigenvalue weighted by atomic mass is 10.1. The molecule has 210 valence electrons. The Hall–Kier alpha value is -4.14. The fourth-order valence-electron chi connectivity index (χ4n) is 5.77. The normalized spacial score (nSPS) is 19.5. The van der Waals surface area contributed by atoms with E-state index in [2.05, 4.69) is 33.3 Å². The second-order valence-electron chi connectivity index (χ2n) is 10.4. The highest BCUT2D eigenvalue weighted by Crippen LogP contribution is 2.37. The second-order valence-corrected chi connectivity index (χ2v) is 11.3. The standard InChI is InChI=1S/C30H30FN7O2S/c1-4-24(39)38-13-12-37(17-21(38)15-32-2)29-23-16-33-26(22-9-5-7-19-10-14-41-28(19)22)25(31)27(23)34-30(35-29)40-18-20-8-6-11-36(20)3/h4-5,7,9-10,14,16,20-21H,1,6,8,11-13,15,17-18H2,3H3/t20-,21-/m0/s1. The number of pyridine rings is 1. The van der Waals surface area contributed by atoms with E-state index in [1.54, 1.807) is 22.4 Å². The maximum Gasteiger partial charge on any atom is 0.319 e. The molecule has 1 amide bonds. The summed E-state index contributed by atoms with van der Waals surface area (Å²) in [5.41, 5.74) is 1.07. The smallest absolute Gasteiger partial charge is 0.319 e. The molecule has 2 aliphatic heterocycles. The van der Waals surface area contributed by atoms with E-state index in [0.717, 1.165) is 29.5 Å². The van der Waals surface area contributed by atoms with E-state index >= 15 is 4.39 Å². The number of hydrogen-bond donors (Lipinski definition) is 0. The zero-order chi connectivity index (χ0) is 28.5. The van der Waals surface area contributed by atoms with E-state index in [1.807, 2.05) is 34.5 Å². The molecule has 2 atom stereocenters. The van der Waals surface area contributed by atoms with Crippen LogP contribution in [0.15, 0.2) is 48.5 Å². The molecular weight excluding hydrogens is 541 g/mol. The van der Waals surface area contributed by atoms with Crippen LogP contribution in [-0.4, -0.2) is 89.1 Å². The number of ether oxygens (including phenoxy) is 1. The largest absolute Gasteiger partial charge is 0.462 e. The van der Waals surface area contributed by atoms with Crippen molar-refractivity contribution < 1.29 is 13.9 Å². The fourth-order valence-corrected chi connectivity index (χ4v) is 6.69. The molecule has 0 aliphatic carbocycles. The number of hydrogen-bond acceptors (Lipinski definition) is 8. The van der Waals surface area contributed by atoms with Crippen LogP contribution in [0.25, 0.3) is 37.1 Å². The summed E-state index contributed by atoms with van der Waals surface area (Å²) in [7, 11) is 2.07. The van der Waals surface area contributed by atoms with Crippen molar-refractivity contribution in [2.45, 2.75) is 24.9 Å². The van der Waals surface area contributed by atoms with Crippen molar-refractivity contribution in [1.82, 2.24) is 24.8 Å². The minimum atomic E-state index is -0.534. The number of fused-ring (bicyclic) bond motifs is 2. The van der Waals surface area contributed by atoms with Gasteiger partial charge in [-0.1, -0.05) is 24.8 Å². The van der Waals surface area contributed by atoms with Gasteiger partial charge in [-0.25, -0.2) is 11.0 Å². The Balaban J connectivity index is 1.43. The SMILES string of the molecule is [C-]#[N+]C[C@H]1CN(c2nc(OC[C@@H]3CCCN3C)nc3c(F)c(-c4cccc5ccsc45)ncc23)CCN1C(=O)C=C. The molecule has 0 saturated carbocycles. The van der Waals surface area contributed by atoms with Crippen LogP contribution in [0.3, 0.4) is 0 Å². The van der Waals surface area contributed by atoms with Crippen LogP contribution >= 0.6 is 11.3 Å². The number of thiophene rings is 1. The van der Waals surface area contributed by atoms with Crippen LogP contribution < -0.4 is 9.64 Å². The first-order valence-electron chi connectivity index (χ1n) is 13.7. The third-order valence-corrected chi connectivity index (χ3v) is 8.96. The molecular formula is C30H30FN7O2S. The molecule has 11 heteroatoms. The number of likely N-dealkylation sites (N-methyl/N-ethyl adjacent to an activating group) is 1. The monoisotopic (exact) mass is 571 g/mol. The highest BCUT2D eigenvalue weighted by atomic mass is 32.1. The van der Waals surface area contributed by atoms with Gasteiger partial charge in [0.25, 0.3) is 0 Å². The molecule has 0 N–H and O–H groups in total. The van der Waals surface area contributed by atoms with Gasteiger partial charge in [0.15, 0.2) is 5.82 Å². The Morgan fingerprint density at radius 2 is 2.15 bits per heavy atom. The molecule has 2 fully saturated rings. The Morgan fingerprint density at radius 3 is 2.93 bits per heavy atom. The average molecular weight is 572 g/mol. The van der Waals surface area contributed by atoms with Crippen molar-refractivity contribution in [3.05, 3.63) is 65.7 Å². The number of carbonyl (C=O) groups excluding carboxylic acids is 1. The van der Waals surface area contributed by atoms with E-state index in [9.17, 15) is 4.79 Å². The van der Waals surface area contributed by atoms with Crippen LogP contribution in [-0.2, 0) is 4.79 Å². The lowest BCUT2D eigenvalue weighted by Crippen LogP contribution is -2.56. The van der Waals surface area contributed by atoms with Crippen molar-refractivity contribution in [1.29, 1.82) is 0 Å². The van der Waals surface area contributed by atoms with Crippen LogP contribution in [0, 0.1) is 12.4 Å². The summed E-state index contributed by atoms with van der Waals surface area (Å²) in [6.07, 6.45) is 5.01. The van der Waals surface area contributed by atoms with Gasteiger partial charge >= 0.3 is 6.01 Å². The van der Waals surface area contributed by atoms with Crippen LogP contribution in [0.2, 0.25) is 0 Å². The van der Waals surface area contributed by atoms with Crippen LogP contribution in [0.1, 0.15) is 12.8 Å². The first-order chi connectivity index (χ1) is 20.0. The van der Waals surface area contributed by atoms with E-state index in [0.29, 0.717) is 43.0 Å². The lowest BCUT2D eigenvalue weighted by molar-refractivity contribution is -0.128. The Kier molecular flexibility index (Phi) is 7.51. The molecule has 9 nitrogen and oxygen atoms in total. The number of carbonyl (C=O) groups is 1. The zero-order valence-corrected chi connectivity index (χ0v) is 23.6. The zero-order valence-electron chi connectivity index (χ0n) is 22.8. The summed E-state index contributed by atoms with van der Waals surface area (Å²) in [5.74, 6) is -0.263. The van der Waals surface area contributed by atoms with Gasteiger partial charge in [0.2, 0.25) is 12.5 Å². The van der Waals surface area contributed by atoms with Gasteiger partial charge in [-0.15, -0.1) is 11.3 Å². The van der Waals surface area contributed by atoms with Crippen molar-refractivity contribution in [2.24, 2.45) is 0 Å². The third kappa shape index (κ3) is 5.09. The molecule has 41 heavy (non-hydrogen) atoms. The van der Waals surface area contributed by atoms with Gasteiger partial charge in [0.05, 0.1) is 5.39 Å². The molecule has 0 bridgehead atoms. The maximum absolute atomic E-state index is 16.4. The first-order valence-corrected chi connectivity index (χ1v) is 14.5. The second kappa shape index (κ2) is 11.4. The topological polar surface area (TPSA) is 79.1 Å². The summed E-state index contributed by atoms with van der Waals surface area (Å²) in [5, 5.41) is 3.47. The predicted octanol–water partition coefficient (Wildman–Crippen LogP) is 4.64. The molecule has 2 saturated heterocycles. The summed E-state index contributed by atoms with van der Waals surface area (Å²) >= 11 is 1.54. The van der Waals surface area contributed by atoms with Crippen LogP contribution in [0.4, 0.5) is 10.2 Å². The number of anilines is 1. The first kappa shape index (κ1) is 27.1. The fraction of sp³-hybridized carbons (Fsp3) is 0.367. The van der Waals surface area contributed by atoms with Gasteiger partial charge in [0.1, 0.15) is 29.7 Å². The molecule has 5 heterocycles. The third-order valence-electron chi connectivity index (χ3n) is 8.00. The van der Waals surface area contributed by atoms with Crippen molar-refractivity contribution >= 4 is 44.1 Å². The van der Waals surface area contributed by atoms with Gasteiger partial charge in [-0.3, -0.25) is 9.78 Å². The van der Waals surface area contributed by atoms with Gasteiger partial charge in [-0.05, 0) is 49.3 Å². The van der Waals surface area contributed by atoms with Crippen molar-refractivity contribution in [3.63, 3.8) is 0 Å². The molecule has 6 rings (SSSR count). The Bertz CT molecular complexity index is 1670. The minimum absolute atomic E-state index is 0.101.